The highest BCUT2D eigenvalue weighted by molar-refractivity contribution is 5.44. The molecule has 5 heteroatoms. The van der Waals surface area contributed by atoms with Gasteiger partial charge in [0.25, 0.3) is 5.69 Å². The van der Waals surface area contributed by atoms with Crippen molar-refractivity contribution in [1.82, 2.24) is 4.98 Å². The third-order valence-electron chi connectivity index (χ3n) is 3.04. The van der Waals surface area contributed by atoms with E-state index in [-0.39, 0.29) is 5.69 Å². The van der Waals surface area contributed by atoms with Gasteiger partial charge in [-0.3, -0.25) is 10.1 Å². The molecular weight excluding hydrogens is 206 g/mol. The SMILES string of the molecule is C[C@H]1CCCCN1c1ccc([N+](=O)[O-])cn1. The minimum atomic E-state index is -0.420. The largest absolute Gasteiger partial charge is 0.354 e. The van der Waals surface area contributed by atoms with E-state index in [2.05, 4.69) is 16.8 Å². The molecular formula is C11H15N3O2. The number of nitro groups is 1. The van der Waals surface area contributed by atoms with Crippen LogP contribution in [0.3, 0.4) is 0 Å². The summed E-state index contributed by atoms with van der Waals surface area (Å²) in [6, 6.07) is 3.73. The normalized spacial score (nSPS) is 20.8. The molecule has 0 N–H and O–H groups in total. The van der Waals surface area contributed by atoms with Crippen LogP contribution >= 0.6 is 0 Å². The molecule has 0 amide bonds. The van der Waals surface area contributed by atoms with Gasteiger partial charge in [0, 0.05) is 18.7 Å². The molecule has 0 radical (unpaired) electrons. The molecule has 0 saturated carbocycles. The van der Waals surface area contributed by atoms with E-state index in [1.165, 1.54) is 31.5 Å². The minimum Gasteiger partial charge on any atom is -0.354 e. The quantitative estimate of drug-likeness (QED) is 0.568. The van der Waals surface area contributed by atoms with Crippen molar-refractivity contribution in [3.63, 3.8) is 0 Å². The van der Waals surface area contributed by atoms with Crippen LogP contribution in [0.5, 0.6) is 0 Å². The predicted octanol–water partition coefficient (Wildman–Crippen LogP) is 2.37. The van der Waals surface area contributed by atoms with E-state index in [9.17, 15) is 10.1 Å². The van der Waals surface area contributed by atoms with Crippen molar-refractivity contribution in [2.24, 2.45) is 0 Å². The van der Waals surface area contributed by atoms with Gasteiger partial charge >= 0.3 is 0 Å². The number of pyridine rings is 1. The fourth-order valence-electron chi connectivity index (χ4n) is 2.09. The summed E-state index contributed by atoms with van der Waals surface area (Å²) in [6.45, 7) is 3.16. The van der Waals surface area contributed by atoms with Crippen LogP contribution < -0.4 is 4.90 Å². The van der Waals surface area contributed by atoms with E-state index in [4.69, 9.17) is 0 Å². The third-order valence-corrected chi connectivity index (χ3v) is 3.04. The molecule has 1 aromatic heterocycles. The topological polar surface area (TPSA) is 59.3 Å². The molecule has 1 saturated heterocycles. The van der Waals surface area contributed by atoms with Gasteiger partial charge in [0.1, 0.15) is 12.0 Å². The van der Waals surface area contributed by atoms with Gasteiger partial charge in [0.2, 0.25) is 0 Å². The maximum Gasteiger partial charge on any atom is 0.287 e. The third kappa shape index (κ3) is 2.13. The highest BCUT2D eigenvalue weighted by Gasteiger charge is 2.19. The molecule has 86 valence electrons. The smallest absolute Gasteiger partial charge is 0.287 e. The first-order valence-electron chi connectivity index (χ1n) is 5.55. The second-order valence-corrected chi connectivity index (χ2v) is 4.17. The molecule has 2 heterocycles. The maximum absolute atomic E-state index is 10.5. The average molecular weight is 221 g/mol. The Labute approximate surface area is 94.2 Å². The molecule has 1 aliphatic heterocycles. The lowest BCUT2D eigenvalue weighted by Gasteiger charge is -2.34. The van der Waals surface area contributed by atoms with E-state index >= 15 is 0 Å². The summed E-state index contributed by atoms with van der Waals surface area (Å²) >= 11 is 0. The van der Waals surface area contributed by atoms with Crippen molar-refractivity contribution in [2.45, 2.75) is 32.2 Å². The highest BCUT2D eigenvalue weighted by atomic mass is 16.6. The van der Waals surface area contributed by atoms with Gasteiger partial charge in [0.15, 0.2) is 0 Å². The lowest BCUT2D eigenvalue weighted by atomic mass is 10.0. The van der Waals surface area contributed by atoms with Gasteiger partial charge < -0.3 is 4.90 Å². The molecule has 2 rings (SSSR count). The zero-order valence-corrected chi connectivity index (χ0v) is 9.30. The fraction of sp³-hybridized carbons (Fsp3) is 0.545. The van der Waals surface area contributed by atoms with E-state index in [0.29, 0.717) is 6.04 Å². The molecule has 0 spiro atoms. The summed E-state index contributed by atoms with van der Waals surface area (Å²) in [4.78, 5) is 16.5. The first-order valence-corrected chi connectivity index (χ1v) is 5.55. The fourth-order valence-corrected chi connectivity index (χ4v) is 2.09. The van der Waals surface area contributed by atoms with Gasteiger partial charge in [-0.2, -0.15) is 0 Å². The minimum absolute atomic E-state index is 0.0495. The predicted molar refractivity (Wildman–Crippen MR) is 61.6 cm³/mol. The Kier molecular flexibility index (Phi) is 3.03. The molecule has 1 aromatic rings. The van der Waals surface area contributed by atoms with Gasteiger partial charge in [-0.15, -0.1) is 0 Å². The lowest BCUT2D eigenvalue weighted by Crippen LogP contribution is -2.37. The average Bonchev–Trinajstić information content (AvgIpc) is 2.30. The first-order chi connectivity index (χ1) is 7.68. The molecule has 16 heavy (non-hydrogen) atoms. The monoisotopic (exact) mass is 221 g/mol. The van der Waals surface area contributed by atoms with Gasteiger partial charge in [-0.05, 0) is 32.3 Å². The van der Waals surface area contributed by atoms with Gasteiger partial charge in [0.05, 0.1) is 4.92 Å². The van der Waals surface area contributed by atoms with Crippen LogP contribution in [0.2, 0.25) is 0 Å². The molecule has 0 bridgehead atoms. The number of rotatable bonds is 2. The Hall–Kier alpha value is -1.65. The zero-order valence-electron chi connectivity index (χ0n) is 9.30. The summed E-state index contributed by atoms with van der Waals surface area (Å²) in [6.07, 6.45) is 4.92. The Morgan fingerprint density at radius 1 is 1.50 bits per heavy atom. The van der Waals surface area contributed by atoms with E-state index in [0.717, 1.165) is 12.4 Å². The van der Waals surface area contributed by atoms with Crippen LogP contribution in [-0.2, 0) is 0 Å². The second-order valence-electron chi connectivity index (χ2n) is 4.17. The molecule has 0 unspecified atom stereocenters. The highest BCUT2D eigenvalue weighted by Crippen LogP contribution is 2.23. The Bertz CT molecular complexity index is 377. The molecule has 1 fully saturated rings. The van der Waals surface area contributed by atoms with Gasteiger partial charge in [-0.25, -0.2) is 4.98 Å². The molecule has 0 aromatic carbocycles. The lowest BCUT2D eigenvalue weighted by molar-refractivity contribution is -0.385. The number of nitrogens with zero attached hydrogens (tertiary/aromatic N) is 3. The Balaban J connectivity index is 2.17. The van der Waals surface area contributed by atoms with Crippen molar-refractivity contribution < 1.29 is 4.92 Å². The van der Waals surface area contributed by atoms with Crippen LogP contribution in [0.25, 0.3) is 0 Å². The van der Waals surface area contributed by atoms with Crippen molar-refractivity contribution in [3.8, 4) is 0 Å². The first kappa shape index (κ1) is 10.9. The van der Waals surface area contributed by atoms with Crippen molar-refractivity contribution in [3.05, 3.63) is 28.4 Å². The number of anilines is 1. The van der Waals surface area contributed by atoms with Crippen LogP contribution in [0, 0.1) is 10.1 Å². The van der Waals surface area contributed by atoms with Crippen LogP contribution in [0.1, 0.15) is 26.2 Å². The molecule has 5 nitrogen and oxygen atoms in total. The summed E-state index contributed by atoms with van der Waals surface area (Å²) in [5.74, 6) is 0.845. The van der Waals surface area contributed by atoms with E-state index in [1.807, 2.05) is 0 Å². The summed E-state index contributed by atoms with van der Waals surface area (Å²) in [5, 5.41) is 10.5. The Morgan fingerprint density at radius 2 is 2.31 bits per heavy atom. The number of hydrogen-bond acceptors (Lipinski definition) is 4. The Morgan fingerprint density at radius 3 is 2.88 bits per heavy atom. The van der Waals surface area contributed by atoms with Crippen LogP contribution in [0.15, 0.2) is 18.3 Å². The van der Waals surface area contributed by atoms with Gasteiger partial charge in [-0.1, -0.05) is 0 Å². The van der Waals surface area contributed by atoms with E-state index in [1.54, 1.807) is 6.07 Å². The molecule has 1 atom stereocenters. The second kappa shape index (κ2) is 4.47. The van der Waals surface area contributed by atoms with Crippen molar-refractivity contribution in [2.75, 3.05) is 11.4 Å². The molecule has 1 aliphatic rings. The van der Waals surface area contributed by atoms with E-state index < -0.39 is 4.92 Å². The standard InChI is InChI=1S/C11H15N3O2/c1-9-4-2-3-7-13(9)11-6-5-10(8-12-11)14(15)16/h5-6,8-9H,2-4,7H2,1H3/t9-/m0/s1. The van der Waals surface area contributed by atoms with Crippen molar-refractivity contribution >= 4 is 11.5 Å². The summed E-state index contributed by atoms with van der Waals surface area (Å²) < 4.78 is 0. The number of aromatic nitrogens is 1. The summed E-state index contributed by atoms with van der Waals surface area (Å²) in [5.41, 5.74) is 0.0495. The summed E-state index contributed by atoms with van der Waals surface area (Å²) in [7, 11) is 0. The zero-order chi connectivity index (χ0) is 11.5. The van der Waals surface area contributed by atoms with Crippen LogP contribution in [0.4, 0.5) is 11.5 Å². The molecule has 0 aliphatic carbocycles. The van der Waals surface area contributed by atoms with Crippen LogP contribution in [-0.4, -0.2) is 22.5 Å². The number of hydrogen-bond donors (Lipinski definition) is 0. The maximum atomic E-state index is 10.5. The van der Waals surface area contributed by atoms with Crippen molar-refractivity contribution in [1.29, 1.82) is 0 Å². The number of piperidine rings is 1.